The quantitative estimate of drug-likeness (QED) is 0.858. The van der Waals surface area contributed by atoms with Crippen molar-refractivity contribution in [2.24, 2.45) is 0 Å². The molecule has 21 heavy (non-hydrogen) atoms. The van der Waals surface area contributed by atoms with Gasteiger partial charge in [-0.25, -0.2) is 9.78 Å². The number of imidazole rings is 1. The van der Waals surface area contributed by atoms with Gasteiger partial charge in [-0.3, -0.25) is 0 Å². The molecule has 2 rings (SSSR count). The molecule has 0 saturated heterocycles. The maximum absolute atomic E-state index is 11.7. The number of hydrogen-bond donors (Lipinski definition) is 1. The van der Waals surface area contributed by atoms with Crippen LogP contribution in [0, 0.1) is 6.92 Å². The van der Waals surface area contributed by atoms with Gasteiger partial charge < -0.3 is 14.6 Å². The van der Waals surface area contributed by atoms with Crippen molar-refractivity contribution in [3.05, 3.63) is 47.5 Å². The predicted octanol–water partition coefficient (Wildman–Crippen LogP) is 3.17. The molecule has 0 saturated carbocycles. The Morgan fingerprint density at radius 2 is 2.19 bits per heavy atom. The second-order valence-electron chi connectivity index (χ2n) is 5.21. The number of anilines is 1. The van der Waals surface area contributed by atoms with Crippen LogP contribution in [0.4, 0.5) is 5.69 Å². The first-order chi connectivity index (χ1) is 10.0. The molecule has 0 atom stereocenters. The first kappa shape index (κ1) is 15.1. The van der Waals surface area contributed by atoms with Gasteiger partial charge >= 0.3 is 5.97 Å². The number of benzene rings is 1. The van der Waals surface area contributed by atoms with E-state index in [-0.39, 0.29) is 5.97 Å². The third kappa shape index (κ3) is 3.24. The summed E-state index contributed by atoms with van der Waals surface area (Å²) in [5.41, 5.74) is 3.50. The smallest absolute Gasteiger partial charge is 0.338 e. The summed E-state index contributed by atoms with van der Waals surface area (Å²) in [6, 6.07) is 5.94. The summed E-state index contributed by atoms with van der Waals surface area (Å²) in [5.74, 6) is -0.316. The molecule has 0 amide bonds. The second kappa shape index (κ2) is 6.43. The fourth-order valence-corrected chi connectivity index (χ4v) is 2.28. The topological polar surface area (TPSA) is 56.1 Å². The van der Waals surface area contributed by atoms with E-state index in [4.69, 9.17) is 4.74 Å². The summed E-state index contributed by atoms with van der Waals surface area (Å²) in [5, 5.41) is 3.36. The highest BCUT2D eigenvalue weighted by atomic mass is 16.5. The molecular formula is C16H21N3O2. The van der Waals surface area contributed by atoms with Crippen molar-refractivity contribution in [2.45, 2.75) is 33.4 Å². The van der Waals surface area contributed by atoms with Gasteiger partial charge in [-0.2, -0.15) is 0 Å². The van der Waals surface area contributed by atoms with Crippen LogP contribution in [0.15, 0.2) is 30.7 Å². The van der Waals surface area contributed by atoms with Crippen LogP contribution in [0.1, 0.15) is 41.5 Å². The molecule has 2 aromatic rings. The Hall–Kier alpha value is -2.30. The van der Waals surface area contributed by atoms with Crippen molar-refractivity contribution in [3.8, 4) is 0 Å². The molecule has 0 fully saturated rings. The molecule has 0 aliphatic rings. The number of carbonyl (C=O) groups is 1. The van der Waals surface area contributed by atoms with Crippen LogP contribution in [0.5, 0.6) is 0 Å². The molecule has 0 aliphatic heterocycles. The monoisotopic (exact) mass is 287 g/mol. The van der Waals surface area contributed by atoms with Crippen LogP contribution in [-0.2, 0) is 11.3 Å². The number of esters is 1. The summed E-state index contributed by atoms with van der Waals surface area (Å²) >= 11 is 0. The fraction of sp³-hybridized carbons (Fsp3) is 0.375. The van der Waals surface area contributed by atoms with Gasteiger partial charge in [0.05, 0.1) is 31.2 Å². The highest BCUT2D eigenvalue weighted by Crippen LogP contribution is 2.21. The summed E-state index contributed by atoms with van der Waals surface area (Å²) in [6.07, 6.45) is 3.69. The third-order valence-electron chi connectivity index (χ3n) is 3.50. The van der Waals surface area contributed by atoms with Crippen molar-refractivity contribution in [1.82, 2.24) is 9.55 Å². The van der Waals surface area contributed by atoms with E-state index in [1.165, 1.54) is 7.11 Å². The molecule has 5 nitrogen and oxygen atoms in total. The van der Waals surface area contributed by atoms with Crippen LogP contribution in [-0.4, -0.2) is 22.6 Å². The number of nitrogens with zero attached hydrogens (tertiary/aromatic N) is 2. The molecule has 0 spiro atoms. The van der Waals surface area contributed by atoms with Crippen LogP contribution < -0.4 is 5.32 Å². The number of methoxy groups -OCH3 is 1. The molecule has 0 aliphatic carbocycles. The maximum atomic E-state index is 11.7. The molecular weight excluding hydrogens is 266 g/mol. The minimum atomic E-state index is -0.316. The minimum Gasteiger partial charge on any atom is -0.465 e. The van der Waals surface area contributed by atoms with Crippen molar-refractivity contribution >= 4 is 11.7 Å². The van der Waals surface area contributed by atoms with Gasteiger partial charge in [0.15, 0.2) is 0 Å². The maximum Gasteiger partial charge on any atom is 0.338 e. The molecule has 1 heterocycles. The molecule has 112 valence electrons. The Kier molecular flexibility index (Phi) is 4.62. The third-order valence-corrected chi connectivity index (χ3v) is 3.50. The van der Waals surface area contributed by atoms with E-state index >= 15 is 0 Å². The molecule has 1 N–H and O–H groups in total. The Balaban J connectivity index is 2.17. The zero-order valence-corrected chi connectivity index (χ0v) is 12.9. The lowest BCUT2D eigenvalue weighted by atomic mass is 10.1. The number of carbonyl (C=O) groups excluding carboxylic acids is 1. The second-order valence-corrected chi connectivity index (χ2v) is 5.21. The van der Waals surface area contributed by atoms with Gasteiger partial charge in [-0.15, -0.1) is 0 Å². The summed E-state index contributed by atoms with van der Waals surface area (Å²) < 4.78 is 6.91. The molecule has 0 unspecified atom stereocenters. The number of nitrogens with one attached hydrogen (secondary N) is 1. The van der Waals surface area contributed by atoms with Crippen LogP contribution in [0.2, 0.25) is 0 Å². The lowest BCUT2D eigenvalue weighted by Gasteiger charge is -2.15. The summed E-state index contributed by atoms with van der Waals surface area (Å²) in [4.78, 5) is 15.9. The zero-order valence-electron chi connectivity index (χ0n) is 12.9. The van der Waals surface area contributed by atoms with Crippen LogP contribution >= 0.6 is 0 Å². The van der Waals surface area contributed by atoms with Crippen LogP contribution in [0.3, 0.4) is 0 Å². The van der Waals surface area contributed by atoms with Gasteiger partial charge in [-0.1, -0.05) is 6.07 Å². The molecule has 0 radical (unpaired) electrons. The van der Waals surface area contributed by atoms with Gasteiger partial charge in [0.2, 0.25) is 0 Å². The van der Waals surface area contributed by atoms with Crippen molar-refractivity contribution in [3.63, 3.8) is 0 Å². The number of ether oxygens (including phenoxy) is 1. The Morgan fingerprint density at radius 1 is 1.43 bits per heavy atom. The minimum absolute atomic E-state index is 0.316. The normalized spacial score (nSPS) is 10.7. The standard InChI is InChI=1S/C16H21N3O2/c1-11(2)19-10-17-8-13(19)9-18-15-7-5-6-14(12(15)3)16(20)21-4/h5-8,10-11,18H,9H2,1-4H3. The summed E-state index contributed by atoms with van der Waals surface area (Å²) in [6.45, 7) is 6.81. The van der Waals surface area contributed by atoms with Gasteiger partial charge in [-0.05, 0) is 38.5 Å². The van der Waals surface area contributed by atoms with E-state index in [9.17, 15) is 4.79 Å². The highest BCUT2D eigenvalue weighted by molar-refractivity contribution is 5.92. The Labute approximate surface area is 125 Å². The summed E-state index contributed by atoms with van der Waals surface area (Å²) in [7, 11) is 1.39. The predicted molar refractivity (Wildman–Crippen MR) is 82.5 cm³/mol. The molecule has 5 heteroatoms. The van der Waals surface area contributed by atoms with E-state index in [0.717, 1.165) is 16.9 Å². The van der Waals surface area contributed by atoms with Crippen LogP contribution in [0.25, 0.3) is 0 Å². The fourth-order valence-electron chi connectivity index (χ4n) is 2.28. The first-order valence-electron chi connectivity index (χ1n) is 6.97. The van der Waals surface area contributed by atoms with E-state index in [2.05, 4.69) is 28.7 Å². The highest BCUT2D eigenvalue weighted by Gasteiger charge is 2.12. The van der Waals surface area contributed by atoms with Crippen molar-refractivity contribution in [2.75, 3.05) is 12.4 Å². The van der Waals surface area contributed by atoms with Crippen molar-refractivity contribution < 1.29 is 9.53 Å². The molecule has 1 aromatic heterocycles. The van der Waals surface area contributed by atoms with E-state index in [0.29, 0.717) is 18.2 Å². The molecule has 0 bridgehead atoms. The van der Waals surface area contributed by atoms with Gasteiger partial charge in [0.25, 0.3) is 0 Å². The zero-order chi connectivity index (χ0) is 15.4. The number of hydrogen-bond acceptors (Lipinski definition) is 4. The largest absolute Gasteiger partial charge is 0.465 e. The lowest BCUT2D eigenvalue weighted by Crippen LogP contribution is -2.11. The average molecular weight is 287 g/mol. The van der Waals surface area contributed by atoms with Crippen molar-refractivity contribution in [1.29, 1.82) is 0 Å². The average Bonchev–Trinajstić information content (AvgIpc) is 2.94. The Bertz CT molecular complexity index is 632. The van der Waals surface area contributed by atoms with E-state index in [1.807, 2.05) is 31.6 Å². The van der Waals surface area contributed by atoms with Gasteiger partial charge in [0, 0.05) is 17.9 Å². The number of aromatic nitrogens is 2. The van der Waals surface area contributed by atoms with E-state index < -0.39 is 0 Å². The Morgan fingerprint density at radius 3 is 2.86 bits per heavy atom. The SMILES string of the molecule is COC(=O)c1cccc(NCc2cncn2C(C)C)c1C. The number of rotatable bonds is 5. The first-order valence-corrected chi connectivity index (χ1v) is 6.97. The van der Waals surface area contributed by atoms with E-state index in [1.54, 1.807) is 6.07 Å². The lowest BCUT2D eigenvalue weighted by molar-refractivity contribution is 0.0600. The van der Waals surface area contributed by atoms with Gasteiger partial charge in [0.1, 0.15) is 0 Å². The molecule has 1 aromatic carbocycles.